The summed E-state index contributed by atoms with van der Waals surface area (Å²) < 4.78 is 2.20. The Hall–Kier alpha value is -2.82. The normalized spacial score (nSPS) is 11.7. The molecule has 5 heteroatoms. The first-order valence-corrected chi connectivity index (χ1v) is 8.63. The van der Waals surface area contributed by atoms with Gasteiger partial charge in [0, 0.05) is 27.2 Å². The molecule has 0 atom stereocenters. The minimum absolute atomic E-state index is 0.688. The van der Waals surface area contributed by atoms with Gasteiger partial charge in [-0.25, -0.2) is 9.98 Å². The molecule has 0 amide bonds. The summed E-state index contributed by atoms with van der Waals surface area (Å²) in [6.07, 6.45) is 2.93. The Morgan fingerprint density at radius 2 is 1.84 bits per heavy atom. The maximum absolute atomic E-state index is 4.69. The topological polar surface area (TPSA) is 45.5 Å². The van der Waals surface area contributed by atoms with Crippen molar-refractivity contribution in [3.63, 3.8) is 0 Å². The molecule has 0 saturated carbocycles. The van der Waals surface area contributed by atoms with Gasteiger partial charge in [-0.2, -0.15) is 0 Å². The van der Waals surface area contributed by atoms with E-state index in [1.165, 1.54) is 11.1 Å². The number of nitrogens with zero attached hydrogens (tertiary/aromatic N) is 4. The second-order valence-electron chi connectivity index (χ2n) is 6.23. The van der Waals surface area contributed by atoms with E-state index in [0.717, 1.165) is 31.0 Å². The first-order valence-electron chi connectivity index (χ1n) is 8.63. The fourth-order valence-electron chi connectivity index (χ4n) is 2.74. The lowest BCUT2D eigenvalue weighted by Gasteiger charge is -2.18. The molecule has 0 aliphatic carbocycles. The second-order valence-corrected chi connectivity index (χ2v) is 6.23. The third-order valence-electron chi connectivity index (χ3n) is 4.06. The Labute approximate surface area is 149 Å². The van der Waals surface area contributed by atoms with Crippen molar-refractivity contribution >= 4 is 17.0 Å². The molecule has 0 aliphatic rings. The molecule has 0 radical (unpaired) electrons. The Balaban J connectivity index is 1.52. The van der Waals surface area contributed by atoms with Gasteiger partial charge in [-0.05, 0) is 24.1 Å². The summed E-state index contributed by atoms with van der Waals surface area (Å²) in [5.41, 5.74) is 3.45. The zero-order chi connectivity index (χ0) is 17.5. The van der Waals surface area contributed by atoms with Crippen molar-refractivity contribution in [2.75, 3.05) is 20.6 Å². The number of imidazole rings is 1. The molecule has 0 spiro atoms. The molecule has 1 N–H and O–H groups in total. The van der Waals surface area contributed by atoms with Crippen LogP contribution in [0.5, 0.6) is 0 Å². The zero-order valence-electron chi connectivity index (χ0n) is 14.9. The summed E-state index contributed by atoms with van der Waals surface area (Å²) in [6, 6.07) is 18.5. The van der Waals surface area contributed by atoms with Gasteiger partial charge >= 0.3 is 0 Å². The summed E-state index contributed by atoms with van der Waals surface area (Å²) in [5, 5.41) is 3.44. The van der Waals surface area contributed by atoms with E-state index >= 15 is 0 Å². The highest BCUT2D eigenvalue weighted by Gasteiger charge is 2.03. The molecule has 0 unspecified atom stereocenters. The van der Waals surface area contributed by atoms with Gasteiger partial charge in [-0.1, -0.05) is 42.5 Å². The number of guanidine groups is 1. The average molecular weight is 335 g/mol. The smallest absolute Gasteiger partial charge is 0.193 e. The molecular formula is C20H25N5. The number of fused-ring (bicyclic) bond motifs is 1. The van der Waals surface area contributed by atoms with Gasteiger partial charge in [0.15, 0.2) is 5.96 Å². The lowest BCUT2D eigenvalue weighted by molar-refractivity contribution is 0.563. The molecule has 0 bridgehead atoms. The minimum Gasteiger partial charge on any atom is -0.356 e. The van der Waals surface area contributed by atoms with Crippen molar-refractivity contribution < 1.29 is 0 Å². The van der Waals surface area contributed by atoms with Crippen molar-refractivity contribution in [3.8, 4) is 0 Å². The quantitative estimate of drug-likeness (QED) is 0.428. The zero-order valence-corrected chi connectivity index (χ0v) is 14.9. The van der Waals surface area contributed by atoms with Gasteiger partial charge in [0.1, 0.15) is 0 Å². The summed E-state index contributed by atoms with van der Waals surface area (Å²) >= 11 is 0. The van der Waals surface area contributed by atoms with Crippen LogP contribution in [0.4, 0.5) is 0 Å². The maximum Gasteiger partial charge on any atom is 0.193 e. The van der Waals surface area contributed by atoms with Crippen LogP contribution in [0, 0.1) is 0 Å². The van der Waals surface area contributed by atoms with Crippen LogP contribution < -0.4 is 5.32 Å². The lowest BCUT2D eigenvalue weighted by Crippen LogP contribution is -2.37. The number of hydrogen-bond donors (Lipinski definition) is 1. The molecule has 2 aromatic carbocycles. The average Bonchev–Trinajstić information content (AvgIpc) is 3.05. The van der Waals surface area contributed by atoms with Gasteiger partial charge in [0.25, 0.3) is 0 Å². The Morgan fingerprint density at radius 1 is 1.08 bits per heavy atom. The Bertz CT molecular complexity index is 820. The molecule has 0 saturated heterocycles. The molecule has 1 aromatic heterocycles. The van der Waals surface area contributed by atoms with Crippen LogP contribution >= 0.6 is 0 Å². The first kappa shape index (κ1) is 17.0. The second kappa shape index (κ2) is 8.33. The monoisotopic (exact) mass is 335 g/mol. The number of aryl methyl sites for hydroxylation is 1. The van der Waals surface area contributed by atoms with Crippen molar-refractivity contribution in [2.24, 2.45) is 4.99 Å². The van der Waals surface area contributed by atoms with Crippen molar-refractivity contribution in [1.29, 1.82) is 0 Å². The van der Waals surface area contributed by atoms with E-state index in [-0.39, 0.29) is 0 Å². The lowest BCUT2D eigenvalue weighted by atomic mass is 10.2. The van der Waals surface area contributed by atoms with E-state index in [1.54, 1.807) is 0 Å². The van der Waals surface area contributed by atoms with Crippen molar-refractivity contribution in [1.82, 2.24) is 19.8 Å². The number of nitrogens with one attached hydrogen (secondary N) is 1. The fourth-order valence-corrected chi connectivity index (χ4v) is 2.74. The fraction of sp³-hybridized carbons (Fsp3) is 0.300. The summed E-state index contributed by atoms with van der Waals surface area (Å²) in [4.78, 5) is 11.1. The molecule has 0 fully saturated rings. The van der Waals surface area contributed by atoms with E-state index in [2.05, 4.69) is 39.1 Å². The van der Waals surface area contributed by atoms with Crippen LogP contribution in [0.1, 0.15) is 12.0 Å². The maximum atomic E-state index is 4.69. The predicted octanol–water partition coefficient (Wildman–Crippen LogP) is 3.13. The van der Waals surface area contributed by atoms with Crippen molar-refractivity contribution in [2.45, 2.75) is 19.5 Å². The van der Waals surface area contributed by atoms with E-state index in [9.17, 15) is 0 Å². The molecule has 130 valence electrons. The highest BCUT2D eigenvalue weighted by atomic mass is 15.3. The SMILES string of the molecule is CN(C)C(=NCc1ccccc1)NCCCn1cnc2ccccc21. The Kier molecular flexibility index (Phi) is 5.67. The number of aromatic nitrogens is 2. The van der Waals surface area contributed by atoms with Crippen LogP contribution in [-0.2, 0) is 13.1 Å². The van der Waals surface area contributed by atoms with Crippen molar-refractivity contribution in [3.05, 3.63) is 66.5 Å². The van der Waals surface area contributed by atoms with Crippen LogP contribution in [0.25, 0.3) is 11.0 Å². The number of hydrogen-bond acceptors (Lipinski definition) is 2. The van der Waals surface area contributed by atoms with Gasteiger partial charge in [-0.15, -0.1) is 0 Å². The number of para-hydroxylation sites is 2. The largest absolute Gasteiger partial charge is 0.356 e. The third kappa shape index (κ3) is 4.59. The van der Waals surface area contributed by atoms with E-state index in [1.807, 2.05) is 55.7 Å². The number of aliphatic imine (C=N–C) groups is 1. The highest BCUT2D eigenvalue weighted by molar-refractivity contribution is 5.79. The predicted molar refractivity (Wildman–Crippen MR) is 104 cm³/mol. The number of benzene rings is 2. The highest BCUT2D eigenvalue weighted by Crippen LogP contribution is 2.11. The molecule has 25 heavy (non-hydrogen) atoms. The van der Waals surface area contributed by atoms with Crippen LogP contribution in [0.3, 0.4) is 0 Å². The summed E-state index contributed by atoms with van der Waals surface area (Å²) in [6.45, 7) is 2.50. The summed E-state index contributed by atoms with van der Waals surface area (Å²) in [5.74, 6) is 0.916. The van der Waals surface area contributed by atoms with Gasteiger partial charge in [0.05, 0.1) is 23.9 Å². The molecule has 5 nitrogen and oxygen atoms in total. The summed E-state index contributed by atoms with van der Waals surface area (Å²) in [7, 11) is 4.03. The van der Waals surface area contributed by atoms with Gasteiger partial charge in [0.2, 0.25) is 0 Å². The molecule has 3 aromatic rings. The van der Waals surface area contributed by atoms with Crippen LogP contribution in [-0.4, -0.2) is 41.1 Å². The van der Waals surface area contributed by atoms with Crippen LogP contribution in [0.15, 0.2) is 65.9 Å². The van der Waals surface area contributed by atoms with Gasteiger partial charge in [-0.3, -0.25) is 0 Å². The van der Waals surface area contributed by atoms with E-state index in [0.29, 0.717) is 6.54 Å². The first-order chi connectivity index (χ1) is 12.2. The molecule has 3 rings (SSSR count). The molecular weight excluding hydrogens is 310 g/mol. The molecule has 1 heterocycles. The molecule has 0 aliphatic heterocycles. The standard InChI is InChI=1S/C20H25N5/c1-24(2)20(22-15-17-9-4-3-5-10-17)21-13-8-14-25-16-23-18-11-6-7-12-19(18)25/h3-7,9-12,16H,8,13-15H2,1-2H3,(H,21,22). The third-order valence-corrected chi connectivity index (χ3v) is 4.06. The Morgan fingerprint density at radius 3 is 2.64 bits per heavy atom. The van der Waals surface area contributed by atoms with E-state index in [4.69, 9.17) is 4.99 Å². The minimum atomic E-state index is 0.688. The van der Waals surface area contributed by atoms with Gasteiger partial charge < -0.3 is 14.8 Å². The number of rotatable bonds is 6. The van der Waals surface area contributed by atoms with Crippen LogP contribution in [0.2, 0.25) is 0 Å². The van der Waals surface area contributed by atoms with E-state index < -0.39 is 0 Å².